The molecule has 16 heavy (non-hydrogen) atoms. The highest BCUT2D eigenvalue weighted by molar-refractivity contribution is 4.98. The predicted octanol–water partition coefficient (Wildman–Crippen LogP) is 2.78. The van der Waals surface area contributed by atoms with Crippen LogP contribution in [0, 0.1) is 0 Å². The van der Waals surface area contributed by atoms with E-state index in [9.17, 15) is 5.11 Å². The smallest absolute Gasteiger partial charge is 0.111 e. The maximum Gasteiger partial charge on any atom is 0.111 e. The number of imidazole rings is 1. The van der Waals surface area contributed by atoms with Gasteiger partial charge in [-0.2, -0.15) is 0 Å². The Morgan fingerprint density at radius 3 is 2.62 bits per heavy atom. The molecule has 3 nitrogen and oxygen atoms in total. The molecular formula is C13H24N2O. The molecule has 0 fully saturated rings. The highest BCUT2D eigenvalue weighted by Gasteiger charge is 2.25. The molecule has 1 aromatic heterocycles. The van der Waals surface area contributed by atoms with Crippen molar-refractivity contribution in [1.29, 1.82) is 0 Å². The van der Waals surface area contributed by atoms with Crippen molar-refractivity contribution in [2.75, 3.05) is 0 Å². The number of hydrogen-bond donors (Lipinski definition) is 1. The van der Waals surface area contributed by atoms with Crippen molar-refractivity contribution in [1.82, 2.24) is 9.55 Å². The van der Waals surface area contributed by atoms with Gasteiger partial charge < -0.3 is 9.67 Å². The second-order valence-corrected chi connectivity index (χ2v) is 4.54. The van der Waals surface area contributed by atoms with E-state index in [4.69, 9.17) is 0 Å². The number of hydrogen-bond acceptors (Lipinski definition) is 2. The van der Waals surface area contributed by atoms with Gasteiger partial charge in [0.05, 0.1) is 5.60 Å². The second-order valence-electron chi connectivity index (χ2n) is 4.54. The zero-order valence-corrected chi connectivity index (χ0v) is 10.7. The Morgan fingerprint density at radius 1 is 1.31 bits per heavy atom. The SMILES string of the molecule is CCCn1ccnc1CC(O)(CC)CCC. The van der Waals surface area contributed by atoms with E-state index in [1.165, 1.54) is 0 Å². The van der Waals surface area contributed by atoms with Crippen molar-refractivity contribution in [3.05, 3.63) is 18.2 Å². The highest BCUT2D eigenvalue weighted by Crippen LogP contribution is 2.22. The van der Waals surface area contributed by atoms with Crippen molar-refractivity contribution in [3.8, 4) is 0 Å². The average Bonchev–Trinajstić information content (AvgIpc) is 2.67. The van der Waals surface area contributed by atoms with Gasteiger partial charge in [0.2, 0.25) is 0 Å². The molecule has 0 amide bonds. The van der Waals surface area contributed by atoms with Crippen LogP contribution < -0.4 is 0 Å². The van der Waals surface area contributed by atoms with Gasteiger partial charge in [-0.25, -0.2) is 4.98 Å². The Bertz CT molecular complexity index is 309. The molecule has 1 heterocycles. The molecule has 1 unspecified atom stereocenters. The van der Waals surface area contributed by atoms with Crippen LogP contribution in [0.1, 0.15) is 52.3 Å². The van der Waals surface area contributed by atoms with Crippen molar-refractivity contribution in [3.63, 3.8) is 0 Å². The first-order valence-electron chi connectivity index (χ1n) is 6.37. The minimum atomic E-state index is -0.578. The fourth-order valence-electron chi connectivity index (χ4n) is 2.10. The van der Waals surface area contributed by atoms with E-state index in [1.54, 1.807) is 0 Å². The van der Waals surface area contributed by atoms with Gasteiger partial charge in [0, 0.05) is 25.4 Å². The topological polar surface area (TPSA) is 38.0 Å². The van der Waals surface area contributed by atoms with Crippen LogP contribution in [0.3, 0.4) is 0 Å². The van der Waals surface area contributed by atoms with E-state index in [0.717, 1.165) is 38.1 Å². The maximum atomic E-state index is 10.4. The summed E-state index contributed by atoms with van der Waals surface area (Å²) >= 11 is 0. The first-order valence-corrected chi connectivity index (χ1v) is 6.37. The fourth-order valence-corrected chi connectivity index (χ4v) is 2.10. The normalized spacial score (nSPS) is 15.0. The van der Waals surface area contributed by atoms with Crippen LogP contribution in [0.2, 0.25) is 0 Å². The lowest BCUT2D eigenvalue weighted by Crippen LogP contribution is -2.31. The molecule has 92 valence electrons. The quantitative estimate of drug-likeness (QED) is 0.773. The van der Waals surface area contributed by atoms with Gasteiger partial charge in [-0.05, 0) is 19.3 Å². The summed E-state index contributed by atoms with van der Waals surface area (Å²) in [6.45, 7) is 7.30. The number of rotatable bonds is 7. The Kier molecular flexibility index (Phi) is 5.00. The average molecular weight is 224 g/mol. The molecule has 0 saturated heterocycles. The lowest BCUT2D eigenvalue weighted by Gasteiger charge is -2.26. The third kappa shape index (κ3) is 3.34. The molecule has 0 radical (unpaired) electrons. The number of aromatic nitrogens is 2. The van der Waals surface area contributed by atoms with E-state index in [2.05, 4.69) is 23.4 Å². The van der Waals surface area contributed by atoms with Crippen LogP contribution in [-0.4, -0.2) is 20.3 Å². The Hall–Kier alpha value is -0.830. The zero-order valence-electron chi connectivity index (χ0n) is 10.7. The number of aliphatic hydroxyl groups is 1. The number of aryl methyl sites for hydroxylation is 1. The van der Waals surface area contributed by atoms with Crippen LogP contribution in [-0.2, 0) is 13.0 Å². The standard InChI is InChI=1S/C13H24N2O/c1-4-7-13(16,6-3)11-12-14-8-10-15(12)9-5-2/h8,10,16H,4-7,9,11H2,1-3H3. The summed E-state index contributed by atoms with van der Waals surface area (Å²) in [6.07, 6.45) is 8.25. The summed E-state index contributed by atoms with van der Waals surface area (Å²) in [5.41, 5.74) is -0.578. The lowest BCUT2D eigenvalue weighted by molar-refractivity contribution is 0.0244. The molecule has 0 aliphatic carbocycles. The van der Waals surface area contributed by atoms with Crippen molar-refractivity contribution in [2.24, 2.45) is 0 Å². The van der Waals surface area contributed by atoms with Crippen LogP contribution in [0.5, 0.6) is 0 Å². The van der Waals surface area contributed by atoms with Crippen LogP contribution in [0.4, 0.5) is 0 Å². The number of nitrogens with zero attached hydrogens (tertiary/aromatic N) is 2. The molecule has 0 aliphatic heterocycles. The summed E-state index contributed by atoms with van der Waals surface area (Å²) in [5.74, 6) is 1.01. The highest BCUT2D eigenvalue weighted by atomic mass is 16.3. The molecule has 0 aromatic carbocycles. The molecule has 0 bridgehead atoms. The summed E-state index contributed by atoms with van der Waals surface area (Å²) in [7, 11) is 0. The van der Waals surface area contributed by atoms with Gasteiger partial charge in [0.15, 0.2) is 0 Å². The van der Waals surface area contributed by atoms with Gasteiger partial charge in [-0.1, -0.05) is 27.2 Å². The van der Waals surface area contributed by atoms with Crippen molar-refractivity contribution < 1.29 is 5.11 Å². The first-order chi connectivity index (χ1) is 7.65. The Labute approximate surface area is 98.5 Å². The summed E-state index contributed by atoms with van der Waals surface area (Å²) in [6, 6.07) is 0. The van der Waals surface area contributed by atoms with Gasteiger partial charge in [0.1, 0.15) is 5.82 Å². The largest absolute Gasteiger partial charge is 0.389 e. The van der Waals surface area contributed by atoms with E-state index in [1.807, 2.05) is 19.3 Å². The summed E-state index contributed by atoms with van der Waals surface area (Å²) in [4.78, 5) is 4.35. The van der Waals surface area contributed by atoms with Crippen LogP contribution in [0.25, 0.3) is 0 Å². The summed E-state index contributed by atoms with van der Waals surface area (Å²) in [5, 5.41) is 10.4. The predicted molar refractivity (Wildman–Crippen MR) is 66.4 cm³/mol. The summed E-state index contributed by atoms with van der Waals surface area (Å²) < 4.78 is 2.15. The molecule has 3 heteroatoms. The first kappa shape index (κ1) is 13.2. The minimum absolute atomic E-state index is 0.578. The van der Waals surface area contributed by atoms with E-state index in [-0.39, 0.29) is 0 Å². The van der Waals surface area contributed by atoms with Gasteiger partial charge >= 0.3 is 0 Å². The molecule has 1 aromatic rings. The van der Waals surface area contributed by atoms with Gasteiger partial charge in [-0.3, -0.25) is 0 Å². The molecule has 1 atom stereocenters. The Balaban J connectivity index is 2.73. The van der Waals surface area contributed by atoms with Gasteiger partial charge in [-0.15, -0.1) is 0 Å². The molecule has 1 rings (SSSR count). The maximum absolute atomic E-state index is 10.4. The molecule has 0 saturated carbocycles. The Morgan fingerprint density at radius 2 is 2.06 bits per heavy atom. The second kappa shape index (κ2) is 6.04. The van der Waals surface area contributed by atoms with E-state index < -0.39 is 5.60 Å². The third-order valence-corrected chi connectivity index (χ3v) is 3.13. The molecule has 0 spiro atoms. The van der Waals surface area contributed by atoms with E-state index in [0.29, 0.717) is 6.42 Å². The van der Waals surface area contributed by atoms with Crippen LogP contribution in [0.15, 0.2) is 12.4 Å². The van der Waals surface area contributed by atoms with Gasteiger partial charge in [0.25, 0.3) is 0 Å². The van der Waals surface area contributed by atoms with Crippen molar-refractivity contribution >= 4 is 0 Å². The molecule has 0 aliphatic rings. The monoisotopic (exact) mass is 224 g/mol. The fraction of sp³-hybridized carbons (Fsp3) is 0.769. The molecular weight excluding hydrogens is 200 g/mol. The molecule has 1 N–H and O–H groups in total. The third-order valence-electron chi connectivity index (χ3n) is 3.13. The van der Waals surface area contributed by atoms with Crippen LogP contribution >= 0.6 is 0 Å². The zero-order chi connectivity index (χ0) is 12.0. The van der Waals surface area contributed by atoms with Crippen molar-refractivity contribution in [2.45, 2.75) is 65.0 Å². The minimum Gasteiger partial charge on any atom is -0.389 e. The van der Waals surface area contributed by atoms with E-state index >= 15 is 0 Å². The lowest BCUT2D eigenvalue weighted by atomic mass is 9.91.